The summed E-state index contributed by atoms with van der Waals surface area (Å²) in [6.45, 7) is 5.87. The third-order valence-corrected chi connectivity index (χ3v) is 1.66. The van der Waals surface area contributed by atoms with Crippen molar-refractivity contribution in [2.24, 2.45) is 5.92 Å². The Morgan fingerprint density at radius 1 is 1.64 bits per heavy atom. The minimum atomic E-state index is 0.518. The van der Waals surface area contributed by atoms with Gasteiger partial charge in [0.15, 0.2) is 0 Å². The van der Waals surface area contributed by atoms with Gasteiger partial charge in [-0.3, -0.25) is 4.98 Å². The van der Waals surface area contributed by atoms with Gasteiger partial charge in [0.1, 0.15) is 0 Å². The van der Waals surface area contributed by atoms with Crippen LogP contribution in [0.2, 0.25) is 0 Å². The molecule has 58 valence electrons. The second kappa shape index (κ2) is 3.91. The van der Waals surface area contributed by atoms with E-state index in [1.54, 1.807) is 0 Å². The average molecular weight is 147 g/mol. The highest BCUT2D eigenvalue weighted by Gasteiger charge is 1.97. The third kappa shape index (κ3) is 2.54. The van der Waals surface area contributed by atoms with E-state index in [1.165, 1.54) is 0 Å². The van der Waals surface area contributed by atoms with Gasteiger partial charge in [0.25, 0.3) is 0 Å². The number of aromatic nitrogens is 1. The summed E-state index contributed by atoms with van der Waals surface area (Å²) < 4.78 is 0. The molecule has 1 heterocycles. The Bertz CT molecular complexity index is 216. The fourth-order valence-corrected chi connectivity index (χ4v) is 0.932. The predicted molar refractivity (Wildman–Crippen MR) is 47.3 cm³/mol. The molecule has 0 radical (unpaired) electrons. The smallest absolute Gasteiger partial charge is 0.0409 e. The van der Waals surface area contributed by atoms with Gasteiger partial charge < -0.3 is 0 Å². The lowest BCUT2D eigenvalue weighted by atomic mass is 10.1. The molecule has 1 aromatic rings. The molecule has 0 aliphatic carbocycles. The third-order valence-electron chi connectivity index (χ3n) is 1.66. The quantitative estimate of drug-likeness (QED) is 0.598. The molecule has 0 fully saturated rings. The highest BCUT2D eigenvalue weighted by molar-refractivity contribution is 5.05. The first kappa shape index (κ1) is 7.99. The van der Waals surface area contributed by atoms with Crippen LogP contribution in [0.5, 0.6) is 0 Å². The van der Waals surface area contributed by atoms with Gasteiger partial charge in [0.2, 0.25) is 0 Å². The molecule has 0 spiro atoms. The van der Waals surface area contributed by atoms with Crippen LogP contribution in [0.1, 0.15) is 12.6 Å². The first-order valence-corrected chi connectivity index (χ1v) is 3.85. The molecule has 1 atom stereocenters. The van der Waals surface area contributed by atoms with E-state index in [0.717, 1.165) is 12.1 Å². The second-order valence-corrected chi connectivity index (χ2v) is 2.74. The summed E-state index contributed by atoms with van der Waals surface area (Å²) in [4.78, 5) is 4.22. The lowest BCUT2D eigenvalue weighted by Gasteiger charge is -2.03. The van der Waals surface area contributed by atoms with Gasteiger partial charge in [-0.25, -0.2) is 0 Å². The average Bonchev–Trinajstić information content (AvgIpc) is 2.06. The van der Waals surface area contributed by atoms with Gasteiger partial charge in [0, 0.05) is 11.9 Å². The van der Waals surface area contributed by atoms with Crippen molar-refractivity contribution in [1.29, 1.82) is 0 Å². The van der Waals surface area contributed by atoms with Crippen molar-refractivity contribution in [3.63, 3.8) is 0 Å². The molecular weight excluding hydrogens is 134 g/mol. The van der Waals surface area contributed by atoms with Crippen LogP contribution in [0, 0.1) is 5.92 Å². The highest BCUT2D eigenvalue weighted by Crippen LogP contribution is 2.05. The van der Waals surface area contributed by atoms with E-state index in [-0.39, 0.29) is 0 Å². The summed E-state index contributed by atoms with van der Waals surface area (Å²) in [5.74, 6) is 0.518. The van der Waals surface area contributed by atoms with E-state index in [2.05, 4.69) is 18.5 Å². The van der Waals surface area contributed by atoms with Gasteiger partial charge in [-0.05, 0) is 24.5 Å². The van der Waals surface area contributed by atoms with Gasteiger partial charge in [-0.15, -0.1) is 6.58 Å². The van der Waals surface area contributed by atoms with Crippen LogP contribution in [0.4, 0.5) is 0 Å². The summed E-state index contributed by atoms with van der Waals surface area (Å²) >= 11 is 0. The lowest BCUT2D eigenvalue weighted by Crippen LogP contribution is -1.96. The van der Waals surface area contributed by atoms with E-state index in [0.29, 0.717) is 5.92 Å². The Morgan fingerprint density at radius 3 is 3.00 bits per heavy atom. The molecule has 0 aliphatic heterocycles. The number of rotatable bonds is 3. The van der Waals surface area contributed by atoms with Crippen LogP contribution in [0.3, 0.4) is 0 Å². The van der Waals surface area contributed by atoms with Crippen molar-refractivity contribution in [1.82, 2.24) is 4.98 Å². The van der Waals surface area contributed by atoms with Crippen LogP contribution in [0.15, 0.2) is 37.1 Å². The molecular formula is C10H13N. The summed E-state index contributed by atoms with van der Waals surface area (Å²) in [5.41, 5.74) is 1.14. The van der Waals surface area contributed by atoms with Crippen LogP contribution in [-0.2, 0) is 6.42 Å². The Kier molecular flexibility index (Phi) is 2.84. The molecule has 0 aromatic carbocycles. The van der Waals surface area contributed by atoms with Crippen LogP contribution in [0.25, 0.3) is 0 Å². The number of hydrogen-bond donors (Lipinski definition) is 0. The standard InChI is InChI=1S/C10H13N/c1-3-9(2)8-10-6-4-5-7-11-10/h3-7,9H,1,8H2,2H3. The van der Waals surface area contributed by atoms with Gasteiger partial charge in [0.05, 0.1) is 0 Å². The largest absolute Gasteiger partial charge is 0.261 e. The van der Waals surface area contributed by atoms with Crippen molar-refractivity contribution < 1.29 is 0 Å². The minimum Gasteiger partial charge on any atom is -0.261 e. The Hall–Kier alpha value is -1.11. The van der Waals surface area contributed by atoms with Crippen molar-refractivity contribution >= 4 is 0 Å². The van der Waals surface area contributed by atoms with Crippen molar-refractivity contribution in [3.05, 3.63) is 42.7 Å². The Morgan fingerprint density at radius 2 is 2.45 bits per heavy atom. The summed E-state index contributed by atoms with van der Waals surface area (Å²) in [6.07, 6.45) is 4.77. The monoisotopic (exact) mass is 147 g/mol. The van der Waals surface area contributed by atoms with Crippen LogP contribution < -0.4 is 0 Å². The van der Waals surface area contributed by atoms with Crippen molar-refractivity contribution in [2.45, 2.75) is 13.3 Å². The second-order valence-electron chi connectivity index (χ2n) is 2.74. The normalized spacial score (nSPS) is 12.5. The molecule has 1 aromatic heterocycles. The van der Waals surface area contributed by atoms with Crippen molar-refractivity contribution in [2.75, 3.05) is 0 Å². The topological polar surface area (TPSA) is 12.9 Å². The highest BCUT2D eigenvalue weighted by atomic mass is 14.7. The first-order valence-electron chi connectivity index (χ1n) is 3.85. The maximum atomic E-state index is 4.22. The predicted octanol–water partition coefficient (Wildman–Crippen LogP) is 2.45. The summed E-state index contributed by atoms with van der Waals surface area (Å²) in [6, 6.07) is 5.99. The molecule has 1 unspecified atom stereocenters. The van der Waals surface area contributed by atoms with E-state index < -0.39 is 0 Å². The molecule has 0 saturated heterocycles. The summed E-state index contributed by atoms with van der Waals surface area (Å²) in [5, 5.41) is 0. The molecule has 11 heavy (non-hydrogen) atoms. The molecule has 0 amide bonds. The van der Waals surface area contributed by atoms with E-state index >= 15 is 0 Å². The molecule has 1 rings (SSSR count). The van der Waals surface area contributed by atoms with Gasteiger partial charge in [-0.2, -0.15) is 0 Å². The molecule has 1 nitrogen and oxygen atoms in total. The van der Waals surface area contributed by atoms with Crippen LogP contribution in [-0.4, -0.2) is 4.98 Å². The zero-order valence-electron chi connectivity index (χ0n) is 6.83. The molecule has 0 bridgehead atoms. The van der Waals surface area contributed by atoms with E-state index in [1.807, 2.05) is 30.5 Å². The fraction of sp³-hybridized carbons (Fsp3) is 0.300. The Balaban J connectivity index is 2.57. The van der Waals surface area contributed by atoms with E-state index in [9.17, 15) is 0 Å². The number of hydrogen-bond acceptors (Lipinski definition) is 1. The lowest BCUT2D eigenvalue weighted by molar-refractivity contribution is 0.709. The Labute approximate surface area is 67.8 Å². The zero-order chi connectivity index (χ0) is 8.10. The maximum absolute atomic E-state index is 4.22. The minimum absolute atomic E-state index is 0.518. The van der Waals surface area contributed by atoms with Gasteiger partial charge in [-0.1, -0.05) is 19.1 Å². The molecule has 0 N–H and O–H groups in total. The van der Waals surface area contributed by atoms with Crippen LogP contribution >= 0.6 is 0 Å². The summed E-state index contributed by atoms with van der Waals surface area (Å²) in [7, 11) is 0. The molecule has 1 heteroatoms. The maximum Gasteiger partial charge on any atom is 0.0409 e. The zero-order valence-corrected chi connectivity index (χ0v) is 6.83. The number of nitrogens with zero attached hydrogens (tertiary/aromatic N) is 1. The first-order chi connectivity index (χ1) is 5.33. The van der Waals surface area contributed by atoms with Crippen molar-refractivity contribution in [3.8, 4) is 0 Å². The number of allylic oxidation sites excluding steroid dienone is 1. The SMILES string of the molecule is C=CC(C)Cc1ccccn1. The molecule has 0 aliphatic rings. The number of pyridine rings is 1. The molecule has 0 saturated carbocycles. The van der Waals surface area contributed by atoms with E-state index in [4.69, 9.17) is 0 Å². The fourth-order valence-electron chi connectivity index (χ4n) is 0.932. The van der Waals surface area contributed by atoms with Gasteiger partial charge >= 0.3 is 0 Å².